The van der Waals surface area contributed by atoms with E-state index in [2.05, 4.69) is 5.32 Å². The molecule has 0 atom stereocenters. The van der Waals surface area contributed by atoms with E-state index in [4.69, 9.17) is 4.74 Å². The van der Waals surface area contributed by atoms with Gasteiger partial charge in [0.1, 0.15) is 0 Å². The lowest BCUT2D eigenvalue weighted by atomic mass is 9.99. The second kappa shape index (κ2) is 8.78. The number of fused-ring (bicyclic) bond motifs is 1. The second-order valence-corrected chi connectivity index (χ2v) is 9.61. The number of morpholine rings is 1. The van der Waals surface area contributed by atoms with Crippen molar-refractivity contribution in [1.82, 2.24) is 9.21 Å². The Morgan fingerprint density at radius 3 is 2.35 bits per heavy atom. The molecular formula is C22H25N3O5S. The molecule has 164 valence electrons. The number of anilines is 1. The van der Waals surface area contributed by atoms with Crippen LogP contribution >= 0.6 is 0 Å². The molecule has 2 aliphatic heterocycles. The standard InChI is InChI=1S/C22H25N3O5S/c1-16(26)24-9-8-17-2-5-20(14-19(17)15-24)23-22(27)18-3-6-21(7-4-18)31(28,29)25-10-12-30-13-11-25/h2-7,14H,8-13,15H2,1H3,(H,23,27). The van der Waals surface area contributed by atoms with Gasteiger partial charge in [-0.05, 0) is 53.9 Å². The first kappa shape index (κ1) is 21.5. The van der Waals surface area contributed by atoms with Crippen molar-refractivity contribution in [2.45, 2.75) is 24.8 Å². The molecule has 9 heteroatoms. The van der Waals surface area contributed by atoms with Crippen molar-refractivity contribution in [2.75, 3.05) is 38.2 Å². The lowest BCUT2D eigenvalue weighted by Gasteiger charge is -2.28. The number of sulfonamides is 1. The molecule has 1 fully saturated rings. The molecule has 4 rings (SSSR count). The summed E-state index contributed by atoms with van der Waals surface area (Å²) in [6.45, 7) is 4.19. The summed E-state index contributed by atoms with van der Waals surface area (Å²) < 4.78 is 32.0. The van der Waals surface area contributed by atoms with Crippen LogP contribution in [0.5, 0.6) is 0 Å². The summed E-state index contributed by atoms with van der Waals surface area (Å²) in [4.78, 5) is 26.3. The molecule has 0 saturated carbocycles. The molecule has 2 amide bonds. The van der Waals surface area contributed by atoms with Crippen molar-refractivity contribution in [2.24, 2.45) is 0 Å². The maximum atomic E-state index is 12.7. The first-order valence-electron chi connectivity index (χ1n) is 10.2. The van der Waals surface area contributed by atoms with Crippen molar-refractivity contribution in [3.63, 3.8) is 0 Å². The first-order valence-corrected chi connectivity index (χ1v) is 11.7. The maximum Gasteiger partial charge on any atom is 0.255 e. The van der Waals surface area contributed by atoms with Crippen LogP contribution in [0.15, 0.2) is 47.4 Å². The smallest absolute Gasteiger partial charge is 0.255 e. The van der Waals surface area contributed by atoms with E-state index in [0.717, 1.165) is 12.0 Å². The van der Waals surface area contributed by atoms with Gasteiger partial charge in [-0.25, -0.2) is 8.42 Å². The van der Waals surface area contributed by atoms with E-state index < -0.39 is 10.0 Å². The third-order valence-corrected chi connectivity index (χ3v) is 7.56. The Hall–Kier alpha value is -2.75. The van der Waals surface area contributed by atoms with Crippen LogP contribution in [0, 0.1) is 0 Å². The number of rotatable bonds is 4. The van der Waals surface area contributed by atoms with Crippen molar-refractivity contribution < 1.29 is 22.7 Å². The number of hydrogen-bond donors (Lipinski definition) is 1. The van der Waals surface area contributed by atoms with Crippen LogP contribution in [-0.4, -0.2) is 62.3 Å². The Labute approximate surface area is 181 Å². The van der Waals surface area contributed by atoms with Gasteiger partial charge in [-0.15, -0.1) is 0 Å². The highest BCUT2D eigenvalue weighted by atomic mass is 32.2. The van der Waals surface area contributed by atoms with Gasteiger partial charge in [0.25, 0.3) is 5.91 Å². The number of benzene rings is 2. The number of hydrogen-bond acceptors (Lipinski definition) is 5. The summed E-state index contributed by atoms with van der Waals surface area (Å²) in [5.74, 6) is -0.290. The van der Waals surface area contributed by atoms with E-state index in [0.29, 0.717) is 50.6 Å². The summed E-state index contributed by atoms with van der Waals surface area (Å²) in [6.07, 6.45) is 0.794. The Balaban J connectivity index is 1.46. The third-order valence-electron chi connectivity index (χ3n) is 5.65. The number of carbonyl (C=O) groups is 2. The highest BCUT2D eigenvalue weighted by Gasteiger charge is 2.26. The number of ether oxygens (including phenoxy) is 1. The molecule has 1 N–H and O–H groups in total. The van der Waals surface area contributed by atoms with Crippen LogP contribution in [0.25, 0.3) is 0 Å². The van der Waals surface area contributed by atoms with Gasteiger partial charge < -0.3 is 15.0 Å². The molecule has 0 spiro atoms. The molecule has 2 heterocycles. The molecule has 1 saturated heterocycles. The van der Waals surface area contributed by atoms with Crippen LogP contribution in [0.1, 0.15) is 28.4 Å². The van der Waals surface area contributed by atoms with Gasteiger partial charge in [-0.2, -0.15) is 4.31 Å². The van der Waals surface area contributed by atoms with Gasteiger partial charge in [0.15, 0.2) is 0 Å². The van der Waals surface area contributed by atoms with Crippen LogP contribution < -0.4 is 5.32 Å². The van der Waals surface area contributed by atoms with Crippen molar-refractivity contribution in [3.05, 3.63) is 59.2 Å². The normalized spacial score (nSPS) is 17.1. The van der Waals surface area contributed by atoms with Crippen LogP contribution in [0.3, 0.4) is 0 Å². The summed E-state index contributed by atoms with van der Waals surface area (Å²) >= 11 is 0. The molecule has 2 aromatic carbocycles. The van der Waals surface area contributed by atoms with Crippen LogP contribution in [0.2, 0.25) is 0 Å². The van der Waals surface area contributed by atoms with E-state index in [-0.39, 0.29) is 16.7 Å². The lowest BCUT2D eigenvalue weighted by molar-refractivity contribution is -0.129. The van der Waals surface area contributed by atoms with Gasteiger partial charge >= 0.3 is 0 Å². The Kier molecular flexibility index (Phi) is 6.08. The van der Waals surface area contributed by atoms with Crippen molar-refractivity contribution in [3.8, 4) is 0 Å². The topological polar surface area (TPSA) is 96.0 Å². The molecule has 31 heavy (non-hydrogen) atoms. The van der Waals surface area contributed by atoms with Gasteiger partial charge in [0.05, 0.1) is 18.1 Å². The minimum Gasteiger partial charge on any atom is -0.379 e. The first-order chi connectivity index (χ1) is 14.8. The fraction of sp³-hybridized carbons (Fsp3) is 0.364. The number of nitrogens with one attached hydrogen (secondary N) is 1. The van der Waals surface area contributed by atoms with Gasteiger partial charge in [-0.3, -0.25) is 9.59 Å². The zero-order chi connectivity index (χ0) is 22.0. The van der Waals surface area contributed by atoms with Gasteiger partial charge in [-0.1, -0.05) is 6.07 Å². The largest absolute Gasteiger partial charge is 0.379 e. The molecule has 2 aromatic rings. The number of amides is 2. The summed E-state index contributed by atoms with van der Waals surface area (Å²) in [5.41, 5.74) is 3.20. The molecule has 0 unspecified atom stereocenters. The minimum atomic E-state index is -3.60. The molecule has 0 aromatic heterocycles. The Morgan fingerprint density at radius 1 is 0.968 bits per heavy atom. The Morgan fingerprint density at radius 2 is 1.68 bits per heavy atom. The van der Waals surface area contributed by atoms with E-state index in [1.165, 1.54) is 34.1 Å². The fourth-order valence-corrected chi connectivity index (χ4v) is 5.23. The zero-order valence-corrected chi connectivity index (χ0v) is 18.2. The van der Waals surface area contributed by atoms with Crippen LogP contribution in [-0.2, 0) is 32.5 Å². The average molecular weight is 444 g/mol. The molecular weight excluding hydrogens is 418 g/mol. The quantitative estimate of drug-likeness (QED) is 0.778. The zero-order valence-electron chi connectivity index (χ0n) is 17.3. The molecule has 8 nitrogen and oxygen atoms in total. The highest BCUT2D eigenvalue weighted by Crippen LogP contribution is 2.24. The maximum absolute atomic E-state index is 12.7. The predicted octanol–water partition coefficient (Wildman–Crippen LogP) is 1.86. The summed E-state index contributed by atoms with van der Waals surface area (Å²) in [7, 11) is -3.60. The van der Waals surface area contributed by atoms with Crippen molar-refractivity contribution in [1.29, 1.82) is 0 Å². The average Bonchev–Trinajstić information content (AvgIpc) is 2.79. The summed E-state index contributed by atoms with van der Waals surface area (Å²) in [6, 6.07) is 11.6. The Bertz CT molecular complexity index is 1090. The van der Waals surface area contributed by atoms with Crippen molar-refractivity contribution >= 4 is 27.5 Å². The summed E-state index contributed by atoms with van der Waals surface area (Å²) in [5, 5.41) is 2.86. The second-order valence-electron chi connectivity index (χ2n) is 7.67. The number of carbonyl (C=O) groups excluding carboxylic acids is 2. The molecule has 0 radical (unpaired) electrons. The molecule has 0 bridgehead atoms. The highest BCUT2D eigenvalue weighted by molar-refractivity contribution is 7.89. The van der Waals surface area contributed by atoms with Gasteiger partial charge in [0.2, 0.25) is 15.9 Å². The van der Waals surface area contributed by atoms with Gasteiger partial charge in [0, 0.05) is 44.4 Å². The third kappa shape index (κ3) is 4.63. The van der Waals surface area contributed by atoms with E-state index in [9.17, 15) is 18.0 Å². The number of nitrogens with zero attached hydrogens (tertiary/aromatic N) is 2. The van der Waals surface area contributed by atoms with Crippen LogP contribution in [0.4, 0.5) is 5.69 Å². The molecule has 0 aliphatic carbocycles. The van der Waals surface area contributed by atoms with E-state index in [1.807, 2.05) is 18.2 Å². The predicted molar refractivity (Wildman–Crippen MR) is 115 cm³/mol. The van der Waals surface area contributed by atoms with E-state index >= 15 is 0 Å². The molecule has 2 aliphatic rings. The minimum absolute atomic E-state index is 0.0345. The SMILES string of the molecule is CC(=O)N1CCc2ccc(NC(=O)c3ccc(S(=O)(=O)N4CCOCC4)cc3)cc2C1. The van der Waals surface area contributed by atoms with E-state index in [1.54, 1.807) is 11.8 Å². The monoisotopic (exact) mass is 443 g/mol. The fourth-order valence-electron chi connectivity index (χ4n) is 3.82. The lowest BCUT2D eigenvalue weighted by Crippen LogP contribution is -2.40.